The second-order valence-electron chi connectivity index (χ2n) is 6.37. The van der Waals surface area contributed by atoms with Crippen molar-refractivity contribution in [1.29, 1.82) is 0 Å². The number of sulfone groups is 2. The number of rotatable bonds is 5. The van der Waals surface area contributed by atoms with E-state index in [9.17, 15) is 26.0 Å². The lowest BCUT2D eigenvalue weighted by molar-refractivity contribution is 0.0950. The Hall–Kier alpha value is -2.26. The minimum absolute atomic E-state index is 0.0383. The smallest absolute Gasteiger partial charge is 0.251 e. The Labute approximate surface area is 157 Å². The molecule has 2 aromatic carbocycles. The van der Waals surface area contributed by atoms with E-state index in [1.807, 2.05) is 0 Å². The molecule has 1 atom stereocenters. The molecule has 6 nitrogen and oxygen atoms in total. The predicted molar refractivity (Wildman–Crippen MR) is 98.3 cm³/mol. The van der Waals surface area contributed by atoms with E-state index in [0.29, 0.717) is 5.56 Å². The maximum atomic E-state index is 13.6. The van der Waals surface area contributed by atoms with Gasteiger partial charge in [-0.2, -0.15) is 0 Å². The molecule has 0 spiro atoms. The molecule has 1 saturated heterocycles. The lowest BCUT2D eigenvalue weighted by atomic mass is 10.2. The molecule has 3 rings (SSSR count). The Morgan fingerprint density at radius 2 is 1.89 bits per heavy atom. The van der Waals surface area contributed by atoms with Gasteiger partial charge in [0.05, 0.1) is 21.7 Å². The summed E-state index contributed by atoms with van der Waals surface area (Å²) in [5.74, 6) is -1.55. The molecule has 0 radical (unpaired) electrons. The summed E-state index contributed by atoms with van der Waals surface area (Å²) in [4.78, 5) is 12.2. The van der Waals surface area contributed by atoms with Crippen LogP contribution in [0.4, 0.5) is 4.39 Å². The molecule has 0 aromatic heterocycles. The molecule has 1 aliphatic heterocycles. The summed E-state index contributed by atoms with van der Waals surface area (Å²) >= 11 is 0. The van der Waals surface area contributed by atoms with E-state index < -0.39 is 42.4 Å². The van der Waals surface area contributed by atoms with Crippen LogP contribution >= 0.6 is 0 Å². The quantitative estimate of drug-likeness (QED) is 0.808. The summed E-state index contributed by atoms with van der Waals surface area (Å²) in [5.41, 5.74) is 0.416. The van der Waals surface area contributed by atoms with Gasteiger partial charge in [-0.1, -0.05) is 24.3 Å². The maximum absolute atomic E-state index is 13.6. The molecular formula is C18H18FNO5S2. The fourth-order valence-corrected chi connectivity index (χ4v) is 7.34. The number of benzene rings is 2. The van der Waals surface area contributed by atoms with Crippen LogP contribution in [0.3, 0.4) is 0 Å². The molecule has 0 saturated carbocycles. The molecule has 0 aliphatic carbocycles. The van der Waals surface area contributed by atoms with Crippen molar-refractivity contribution in [3.05, 3.63) is 65.5 Å². The van der Waals surface area contributed by atoms with Gasteiger partial charge in [0.25, 0.3) is 5.91 Å². The van der Waals surface area contributed by atoms with Gasteiger partial charge < -0.3 is 5.32 Å². The van der Waals surface area contributed by atoms with Gasteiger partial charge >= 0.3 is 0 Å². The molecule has 1 fully saturated rings. The van der Waals surface area contributed by atoms with Crippen LogP contribution in [0.15, 0.2) is 53.4 Å². The normalized spacial score (nSPS) is 18.9. The standard InChI is InChI=1S/C18H18FNO5S2/c19-17-7-2-1-4-14(17)11-20-18(21)13-5-3-6-15(10-13)27(24,25)16-8-9-26(22,23)12-16/h1-7,10,16H,8-9,11-12H2,(H,20,21)/t16-/m1/s1. The first-order valence-electron chi connectivity index (χ1n) is 8.25. The number of carbonyl (C=O) groups is 1. The van der Waals surface area contributed by atoms with Crippen molar-refractivity contribution < 1.29 is 26.0 Å². The highest BCUT2D eigenvalue weighted by Crippen LogP contribution is 2.26. The van der Waals surface area contributed by atoms with Crippen LogP contribution in [-0.2, 0) is 26.2 Å². The van der Waals surface area contributed by atoms with Crippen LogP contribution in [0.2, 0.25) is 0 Å². The lowest BCUT2D eigenvalue weighted by Gasteiger charge is -2.12. The first kappa shape index (κ1) is 19.5. The zero-order valence-electron chi connectivity index (χ0n) is 14.3. The Kier molecular flexibility index (Phi) is 5.34. The van der Waals surface area contributed by atoms with Gasteiger partial charge in [-0.05, 0) is 30.7 Å². The van der Waals surface area contributed by atoms with Gasteiger partial charge in [0, 0.05) is 17.7 Å². The van der Waals surface area contributed by atoms with Crippen molar-refractivity contribution in [1.82, 2.24) is 5.32 Å². The number of hydrogen-bond acceptors (Lipinski definition) is 5. The second-order valence-corrected chi connectivity index (χ2v) is 10.8. The van der Waals surface area contributed by atoms with Gasteiger partial charge in [0.1, 0.15) is 5.82 Å². The minimum Gasteiger partial charge on any atom is -0.348 e. The Morgan fingerprint density at radius 1 is 1.15 bits per heavy atom. The average molecular weight is 411 g/mol. The highest BCUT2D eigenvalue weighted by Gasteiger charge is 2.38. The van der Waals surface area contributed by atoms with Gasteiger partial charge in [-0.3, -0.25) is 4.79 Å². The zero-order valence-corrected chi connectivity index (χ0v) is 15.9. The van der Waals surface area contributed by atoms with E-state index in [-0.39, 0.29) is 29.2 Å². The van der Waals surface area contributed by atoms with Crippen molar-refractivity contribution in [2.75, 3.05) is 11.5 Å². The Balaban J connectivity index is 1.77. The van der Waals surface area contributed by atoms with Crippen molar-refractivity contribution >= 4 is 25.6 Å². The van der Waals surface area contributed by atoms with Gasteiger partial charge in [-0.15, -0.1) is 0 Å². The van der Waals surface area contributed by atoms with E-state index in [0.717, 1.165) is 0 Å². The Bertz CT molecular complexity index is 1080. The third-order valence-corrected chi connectivity index (χ3v) is 8.62. The molecule has 27 heavy (non-hydrogen) atoms. The first-order valence-corrected chi connectivity index (χ1v) is 11.6. The second kappa shape index (κ2) is 7.40. The molecule has 0 bridgehead atoms. The summed E-state index contributed by atoms with van der Waals surface area (Å²) < 4.78 is 62.1. The third-order valence-electron chi connectivity index (χ3n) is 4.45. The highest BCUT2D eigenvalue weighted by atomic mass is 32.2. The molecule has 1 N–H and O–H groups in total. The van der Waals surface area contributed by atoms with Gasteiger partial charge in [0.15, 0.2) is 19.7 Å². The summed E-state index contributed by atoms with van der Waals surface area (Å²) in [7, 11) is -7.21. The van der Waals surface area contributed by atoms with Crippen LogP contribution in [0, 0.1) is 5.82 Å². The predicted octanol–water partition coefficient (Wildman–Crippen LogP) is 1.72. The SMILES string of the molecule is O=C(NCc1ccccc1F)c1cccc(S(=O)(=O)[C@@H]2CCS(=O)(=O)C2)c1. The van der Waals surface area contributed by atoms with Crippen LogP contribution in [0.25, 0.3) is 0 Å². The zero-order chi connectivity index (χ0) is 19.7. The minimum atomic E-state index is -3.86. The van der Waals surface area contributed by atoms with Crippen molar-refractivity contribution in [2.45, 2.75) is 23.1 Å². The summed E-state index contributed by atoms with van der Waals surface area (Å²) in [6.45, 7) is -0.0383. The summed E-state index contributed by atoms with van der Waals surface area (Å²) in [5, 5.41) is 1.55. The third kappa shape index (κ3) is 4.36. The lowest BCUT2D eigenvalue weighted by Crippen LogP contribution is -2.25. The van der Waals surface area contributed by atoms with Crippen molar-refractivity contribution in [3.63, 3.8) is 0 Å². The monoisotopic (exact) mass is 411 g/mol. The maximum Gasteiger partial charge on any atom is 0.251 e. The molecule has 2 aromatic rings. The van der Waals surface area contributed by atoms with E-state index in [2.05, 4.69) is 5.32 Å². The Morgan fingerprint density at radius 3 is 2.56 bits per heavy atom. The molecule has 144 valence electrons. The van der Waals surface area contributed by atoms with E-state index in [1.165, 1.54) is 42.5 Å². The number of amides is 1. The highest BCUT2D eigenvalue weighted by molar-refractivity contribution is 7.96. The van der Waals surface area contributed by atoms with E-state index in [1.54, 1.807) is 6.07 Å². The topological polar surface area (TPSA) is 97.4 Å². The van der Waals surface area contributed by atoms with Gasteiger partial charge in [-0.25, -0.2) is 21.2 Å². The molecule has 1 amide bonds. The summed E-state index contributed by atoms with van der Waals surface area (Å²) in [6, 6.07) is 11.4. The van der Waals surface area contributed by atoms with Gasteiger partial charge in [0.2, 0.25) is 0 Å². The number of hydrogen-bond donors (Lipinski definition) is 1. The fourth-order valence-electron chi connectivity index (χ4n) is 2.93. The van der Waals surface area contributed by atoms with E-state index in [4.69, 9.17) is 0 Å². The first-order chi connectivity index (χ1) is 12.7. The molecule has 0 unspecified atom stereocenters. The largest absolute Gasteiger partial charge is 0.348 e. The molecular weight excluding hydrogens is 393 g/mol. The van der Waals surface area contributed by atoms with Crippen LogP contribution < -0.4 is 5.32 Å². The molecule has 1 aliphatic rings. The average Bonchev–Trinajstić information content (AvgIpc) is 3.01. The molecule has 1 heterocycles. The van der Waals surface area contributed by atoms with Crippen LogP contribution in [0.5, 0.6) is 0 Å². The fraction of sp³-hybridized carbons (Fsp3) is 0.278. The number of halogens is 1. The summed E-state index contributed by atoms with van der Waals surface area (Å²) in [6.07, 6.45) is 0.0500. The number of nitrogens with one attached hydrogen (secondary N) is 1. The van der Waals surface area contributed by atoms with E-state index >= 15 is 0 Å². The van der Waals surface area contributed by atoms with Crippen molar-refractivity contribution in [2.24, 2.45) is 0 Å². The van der Waals surface area contributed by atoms with Crippen LogP contribution in [-0.4, -0.2) is 39.5 Å². The number of carbonyl (C=O) groups excluding carboxylic acids is 1. The van der Waals surface area contributed by atoms with Crippen LogP contribution in [0.1, 0.15) is 22.3 Å². The van der Waals surface area contributed by atoms with Crippen molar-refractivity contribution in [3.8, 4) is 0 Å². The molecule has 9 heteroatoms.